The Morgan fingerprint density at radius 1 is 1.47 bits per heavy atom. The van der Waals surface area contributed by atoms with E-state index in [4.69, 9.17) is 15.6 Å². The minimum Gasteiger partial charge on any atom is -0.480 e. The van der Waals surface area contributed by atoms with Crippen LogP contribution in [0.15, 0.2) is 0 Å². The lowest BCUT2D eigenvalue weighted by molar-refractivity contribution is -0.141. The lowest BCUT2D eigenvalue weighted by atomic mass is 10.2. The van der Waals surface area contributed by atoms with Crippen molar-refractivity contribution in [2.75, 3.05) is 26.8 Å². The highest BCUT2D eigenvalue weighted by atomic mass is 16.5. The Morgan fingerprint density at radius 2 is 2.16 bits per heavy atom. The summed E-state index contributed by atoms with van der Waals surface area (Å²) in [4.78, 5) is 34.3. The topological polar surface area (TPSA) is 131 Å². The van der Waals surface area contributed by atoms with Gasteiger partial charge in [0.2, 0.25) is 0 Å². The number of hydrogen-bond donors (Lipinski definition) is 3. The Labute approximate surface area is 109 Å². The molecule has 9 heteroatoms. The number of carboxylic acid groups (broad SMARTS) is 1. The molecule has 1 aliphatic heterocycles. The van der Waals surface area contributed by atoms with Crippen LogP contribution in [0.3, 0.4) is 0 Å². The monoisotopic (exact) mass is 275 g/mol. The van der Waals surface area contributed by atoms with Crippen molar-refractivity contribution in [2.24, 2.45) is 5.73 Å². The summed E-state index contributed by atoms with van der Waals surface area (Å²) < 4.78 is 9.49. The van der Waals surface area contributed by atoms with Gasteiger partial charge in [0.1, 0.15) is 12.6 Å². The molecule has 1 rings (SSSR count). The first-order chi connectivity index (χ1) is 8.95. The molecule has 3 amide bonds. The van der Waals surface area contributed by atoms with Crippen LogP contribution in [0.25, 0.3) is 0 Å². The van der Waals surface area contributed by atoms with Crippen LogP contribution in [0.5, 0.6) is 0 Å². The molecule has 1 saturated heterocycles. The largest absolute Gasteiger partial charge is 0.480 e. The summed E-state index contributed by atoms with van der Waals surface area (Å²) in [5.41, 5.74) is 4.75. The van der Waals surface area contributed by atoms with Crippen molar-refractivity contribution in [3.63, 3.8) is 0 Å². The van der Waals surface area contributed by atoms with Gasteiger partial charge in [-0.3, -0.25) is 0 Å². The number of amides is 3. The van der Waals surface area contributed by atoms with Crippen LogP contribution in [-0.4, -0.2) is 67.1 Å². The molecule has 0 aromatic carbocycles. The van der Waals surface area contributed by atoms with E-state index < -0.39 is 24.1 Å². The number of methoxy groups -OCH3 is 1. The van der Waals surface area contributed by atoms with E-state index in [1.165, 1.54) is 12.0 Å². The van der Waals surface area contributed by atoms with Crippen molar-refractivity contribution in [3.8, 4) is 0 Å². The van der Waals surface area contributed by atoms with Gasteiger partial charge in [-0.15, -0.1) is 0 Å². The fourth-order valence-electron chi connectivity index (χ4n) is 1.84. The number of likely N-dealkylation sites (tertiary alicyclic amines) is 1. The summed E-state index contributed by atoms with van der Waals surface area (Å²) in [5.74, 6) is -1.08. The second kappa shape index (κ2) is 6.78. The van der Waals surface area contributed by atoms with E-state index in [1.807, 2.05) is 0 Å². The zero-order valence-electron chi connectivity index (χ0n) is 10.5. The number of rotatable bonds is 5. The van der Waals surface area contributed by atoms with Crippen LogP contribution >= 0.6 is 0 Å². The number of aliphatic carboxylic acids is 1. The maximum Gasteiger partial charge on any atom is 0.404 e. The quantitative estimate of drug-likeness (QED) is 0.549. The molecule has 0 aliphatic carbocycles. The summed E-state index contributed by atoms with van der Waals surface area (Å²) in [6, 6.07) is -1.46. The van der Waals surface area contributed by atoms with E-state index in [1.54, 1.807) is 0 Å². The van der Waals surface area contributed by atoms with Gasteiger partial charge in [0, 0.05) is 20.1 Å². The maximum atomic E-state index is 11.8. The fourth-order valence-corrected chi connectivity index (χ4v) is 1.84. The van der Waals surface area contributed by atoms with Gasteiger partial charge in [0.15, 0.2) is 0 Å². The van der Waals surface area contributed by atoms with Crippen LogP contribution < -0.4 is 11.1 Å². The molecule has 2 atom stereocenters. The van der Waals surface area contributed by atoms with E-state index in [0.717, 1.165) is 0 Å². The molecule has 0 aromatic rings. The van der Waals surface area contributed by atoms with Crippen molar-refractivity contribution in [1.82, 2.24) is 10.2 Å². The predicted octanol–water partition coefficient (Wildman–Crippen LogP) is -1.03. The molecule has 108 valence electrons. The lowest BCUT2D eigenvalue weighted by Crippen LogP contribution is -2.47. The Hall–Kier alpha value is -2.03. The van der Waals surface area contributed by atoms with Crippen molar-refractivity contribution >= 4 is 18.1 Å². The van der Waals surface area contributed by atoms with Gasteiger partial charge in [-0.2, -0.15) is 0 Å². The Kier molecular flexibility index (Phi) is 5.37. The van der Waals surface area contributed by atoms with Crippen LogP contribution in [0.1, 0.15) is 6.42 Å². The molecule has 19 heavy (non-hydrogen) atoms. The molecule has 0 spiro atoms. The lowest BCUT2D eigenvalue weighted by Gasteiger charge is -2.21. The second-order valence-corrected chi connectivity index (χ2v) is 4.00. The van der Waals surface area contributed by atoms with Gasteiger partial charge in [0.25, 0.3) is 0 Å². The first-order valence-corrected chi connectivity index (χ1v) is 5.68. The van der Waals surface area contributed by atoms with Gasteiger partial charge >= 0.3 is 18.1 Å². The van der Waals surface area contributed by atoms with E-state index in [0.29, 0.717) is 0 Å². The fraction of sp³-hybridized carbons (Fsp3) is 0.700. The number of hydrogen-bond acceptors (Lipinski definition) is 5. The Bertz CT molecular complexity index is 361. The van der Waals surface area contributed by atoms with Gasteiger partial charge in [-0.05, 0) is 0 Å². The molecule has 1 fully saturated rings. The minimum absolute atomic E-state index is 0.0578. The molecule has 1 aliphatic rings. The average molecular weight is 275 g/mol. The third-order valence-electron chi connectivity index (χ3n) is 2.76. The number of nitrogens with two attached hydrogens (primary N) is 1. The van der Waals surface area contributed by atoms with Gasteiger partial charge < -0.3 is 30.5 Å². The van der Waals surface area contributed by atoms with Crippen molar-refractivity contribution < 1.29 is 29.0 Å². The van der Waals surface area contributed by atoms with Crippen molar-refractivity contribution in [3.05, 3.63) is 0 Å². The number of nitrogens with one attached hydrogen (secondary N) is 1. The molecule has 0 radical (unpaired) electrons. The molecular formula is C10H17N3O6. The summed E-state index contributed by atoms with van der Waals surface area (Å²) in [6.45, 7) is 0.193. The summed E-state index contributed by atoms with van der Waals surface area (Å²) >= 11 is 0. The number of urea groups is 1. The third-order valence-corrected chi connectivity index (χ3v) is 2.76. The SMILES string of the molecule is COC1CC(C(=O)O)N(C(=O)NCCOC(N)=O)C1. The number of carboxylic acids is 1. The van der Waals surface area contributed by atoms with E-state index >= 15 is 0 Å². The number of nitrogens with zero attached hydrogens (tertiary/aromatic N) is 1. The molecule has 0 saturated carbocycles. The predicted molar refractivity (Wildman–Crippen MR) is 62.5 cm³/mol. The van der Waals surface area contributed by atoms with Gasteiger partial charge in [-0.25, -0.2) is 14.4 Å². The van der Waals surface area contributed by atoms with Gasteiger partial charge in [-0.1, -0.05) is 0 Å². The average Bonchev–Trinajstić information content (AvgIpc) is 2.78. The summed E-state index contributed by atoms with van der Waals surface area (Å²) in [6.07, 6.45) is -0.983. The van der Waals surface area contributed by atoms with E-state index in [9.17, 15) is 14.4 Å². The molecule has 4 N–H and O–H groups in total. The molecule has 2 unspecified atom stereocenters. The second-order valence-electron chi connectivity index (χ2n) is 4.00. The standard InChI is InChI=1S/C10H17N3O6/c1-18-6-4-7(8(14)15)13(5-6)10(17)12-2-3-19-9(11)16/h6-7H,2-5H2,1H3,(H2,11,16)(H,12,17)(H,14,15). The molecule has 9 nitrogen and oxygen atoms in total. The zero-order chi connectivity index (χ0) is 14.4. The van der Waals surface area contributed by atoms with Crippen LogP contribution in [0.2, 0.25) is 0 Å². The minimum atomic E-state index is -1.08. The normalized spacial score (nSPS) is 22.1. The zero-order valence-corrected chi connectivity index (χ0v) is 10.5. The van der Waals surface area contributed by atoms with Crippen LogP contribution in [0, 0.1) is 0 Å². The molecule has 0 bridgehead atoms. The van der Waals surface area contributed by atoms with E-state index in [2.05, 4.69) is 10.1 Å². The third kappa shape index (κ3) is 4.28. The van der Waals surface area contributed by atoms with Crippen molar-refractivity contribution in [1.29, 1.82) is 0 Å². The molecule has 1 heterocycles. The highest BCUT2D eigenvalue weighted by Crippen LogP contribution is 2.20. The first kappa shape index (κ1) is 15.0. The smallest absolute Gasteiger partial charge is 0.404 e. The highest BCUT2D eigenvalue weighted by molar-refractivity contribution is 5.83. The van der Waals surface area contributed by atoms with Crippen LogP contribution in [-0.2, 0) is 14.3 Å². The summed E-state index contributed by atoms with van der Waals surface area (Å²) in [7, 11) is 1.46. The number of primary amides is 1. The van der Waals surface area contributed by atoms with E-state index in [-0.39, 0.29) is 32.2 Å². The van der Waals surface area contributed by atoms with Crippen molar-refractivity contribution in [2.45, 2.75) is 18.6 Å². The molecule has 0 aromatic heterocycles. The Balaban J connectivity index is 2.45. The summed E-state index contributed by atoms with van der Waals surface area (Å²) in [5, 5.41) is 11.5. The highest BCUT2D eigenvalue weighted by Gasteiger charge is 2.39. The molecular weight excluding hydrogens is 258 g/mol. The Morgan fingerprint density at radius 3 is 2.68 bits per heavy atom. The number of carbonyl (C=O) groups excluding carboxylic acids is 2. The first-order valence-electron chi connectivity index (χ1n) is 5.68. The van der Waals surface area contributed by atoms with Gasteiger partial charge in [0.05, 0.1) is 12.6 Å². The number of carbonyl (C=O) groups is 3. The maximum absolute atomic E-state index is 11.8. The number of ether oxygens (including phenoxy) is 2. The van der Waals surface area contributed by atoms with Crippen LogP contribution in [0.4, 0.5) is 9.59 Å².